The number of hydrogen-bond acceptors (Lipinski definition) is 2. The summed E-state index contributed by atoms with van der Waals surface area (Å²) >= 11 is 0. The van der Waals surface area contributed by atoms with E-state index in [0.717, 1.165) is 38.3 Å². The number of hydrogen-bond donors (Lipinski definition) is 1. The van der Waals surface area contributed by atoms with Crippen molar-refractivity contribution < 1.29 is 4.79 Å². The van der Waals surface area contributed by atoms with E-state index in [1.165, 1.54) is 0 Å². The van der Waals surface area contributed by atoms with Crippen molar-refractivity contribution in [1.82, 2.24) is 14.8 Å². The third-order valence-corrected chi connectivity index (χ3v) is 3.47. The van der Waals surface area contributed by atoms with Gasteiger partial charge in [-0.2, -0.15) is 0 Å². The van der Waals surface area contributed by atoms with Crippen LogP contribution in [-0.2, 0) is 6.54 Å². The number of aryl methyl sites for hydroxylation is 1. The Morgan fingerprint density at radius 2 is 2.41 bits per heavy atom. The maximum absolute atomic E-state index is 12.5. The van der Waals surface area contributed by atoms with Crippen LogP contribution in [0.4, 0.5) is 0 Å². The van der Waals surface area contributed by atoms with Crippen LogP contribution >= 0.6 is 0 Å². The Hall–Kier alpha value is -1.29. The van der Waals surface area contributed by atoms with Crippen LogP contribution in [0.1, 0.15) is 30.8 Å². The lowest BCUT2D eigenvalue weighted by Crippen LogP contribution is -2.42. The van der Waals surface area contributed by atoms with E-state index < -0.39 is 0 Å². The van der Waals surface area contributed by atoms with Crippen LogP contribution in [0.5, 0.6) is 0 Å². The lowest BCUT2D eigenvalue weighted by molar-refractivity contribution is 0.0693. The molecule has 0 bridgehead atoms. The molecule has 0 aromatic carbocycles. The summed E-state index contributed by atoms with van der Waals surface area (Å²) in [6.45, 7) is 7.67. The van der Waals surface area contributed by atoms with Gasteiger partial charge in [-0.15, -0.1) is 0 Å². The van der Waals surface area contributed by atoms with Gasteiger partial charge >= 0.3 is 0 Å². The van der Waals surface area contributed by atoms with Crippen molar-refractivity contribution in [3.05, 3.63) is 24.0 Å². The van der Waals surface area contributed by atoms with Crippen LogP contribution in [0.15, 0.2) is 18.3 Å². The van der Waals surface area contributed by atoms with E-state index in [1.54, 1.807) is 0 Å². The zero-order valence-electron chi connectivity index (χ0n) is 10.6. The number of aromatic nitrogens is 1. The maximum atomic E-state index is 12.5. The molecule has 94 valence electrons. The second kappa shape index (κ2) is 5.36. The molecule has 1 amide bonds. The maximum Gasteiger partial charge on any atom is 0.270 e. The Balaban J connectivity index is 2.16. The number of carbonyl (C=O) groups is 1. The summed E-state index contributed by atoms with van der Waals surface area (Å²) < 4.78 is 2.01. The summed E-state index contributed by atoms with van der Waals surface area (Å²) in [5, 5.41) is 3.32. The molecule has 1 aliphatic heterocycles. The van der Waals surface area contributed by atoms with Crippen molar-refractivity contribution in [1.29, 1.82) is 0 Å². The molecule has 0 saturated carbocycles. The number of likely N-dealkylation sites (N-methyl/N-ethyl adjacent to an activating group) is 1. The van der Waals surface area contributed by atoms with Crippen LogP contribution < -0.4 is 5.32 Å². The first kappa shape index (κ1) is 12.2. The molecule has 2 heterocycles. The fourth-order valence-corrected chi connectivity index (χ4v) is 2.50. The van der Waals surface area contributed by atoms with Crippen LogP contribution in [0.25, 0.3) is 0 Å². The SMILES string of the molecule is CCN(C(=O)c1cccn1CC)C1CCNC1. The highest BCUT2D eigenvalue weighted by Crippen LogP contribution is 2.14. The van der Waals surface area contributed by atoms with Crippen molar-refractivity contribution >= 4 is 5.91 Å². The Labute approximate surface area is 103 Å². The molecule has 0 spiro atoms. The van der Waals surface area contributed by atoms with Crippen LogP contribution in [0.3, 0.4) is 0 Å². The Bertz CT molecular complexity index is 380. The minimum Gasteiger partial charge on any atom is -0.344 e. The van der Waals surface area contributed by atoms with Gasteiger partial charge in [-0.25, -0.2) is 0 Å². The molecular weight excluding hydrogens is 214 g/mol. The highest BCUT2D eigenvalue weighted by atomic mass is 16.2. The van der Waals surface area contributed by atoms with Crippen LogP contribution in [0, 0.1) is 0 Å². The molecule has 0 aliphatic carbocycles. The zero-order valence-corrected chi connectivity index (χ0v) is 10.6. The van der Waals surface area contributed by atoms with Crippen molar-refractivity contribution in [2.75, 3.05) is 19.6 Å². The number of nitrogens with zero attached hydrogens (tertiary/aromatic N) is 2. The first-order valence-corrected chi connectivity index (χ1v) is 6.44. The lowest BCUT2D eigenvalue weighted by Gasteiger charge is -2.27. The molecule has 1 N–H and O–H groups in total. The largest absolute Gasteiger partial charge is 0.344 e. The molecule has 0 radical (unpaired) electrons. The minimum atomic E-state index is 0.160. The zero-order chi connectivity index (χ0) is 12.3. The first-order chi connectivity index (χ1) is 8.27. The third kappa shape index (κ3) is 2.36. The summed E-state index contributed by atoms with van der Waals surface area (Å²) in [6, 6.07) is 4.21. The summed E-state index contributed by atoms with van der Waals surface area (Å²) in [5.74, 6) is 0.160. The Morgan fingerprint density at radius 1 is 1.59 bits per heavy atom. The predicted octanol–water partition coefficient (Wildman–Crippen LogP) is 1.33. The highest BCUT2D eigenvalue weighted by Gasteiger charge is 2.27. The van der Waals surface area contributed by atoms with Gasteiger partial charge in [0.25, 0.3) is 5.91 Å². The number of rotatable bonds is 4. The lowest BCUT2D eigenvalue weighted by atomic mass is 10.2. The standard InChI is InChI=1S/C13H21N3O/c1-3-15-9-5-6-12(15)13(17)16(4-2)11-7-8-14-10-11/h5-6,9,11,14H,3-4,7-8,10H2,1-2H3. The van der Waals surface area contributed by atoms with Crippen LogP contribution in [-0.4, -0.2) is 41.1 Å². The van der Waals surface area contributed by atoms with Crippen molar-refractivity contribution in [2.45, 2.75) is 32.9 Å². The van der Waals surface area contributed by atoms with Gasteiger partial charge in [0.15, 0.2) is 0 Å². The summed E-state index contributed by atoms with van der Waals surface area (Å²) in [7, 11) is 0. The third-order valence-electron chi connectivity index (χ3n) is 3.47. The monoisotopic (exact) mass is 235 g/mol. The molecule has 1 saturated heterocycles. The smallest absolute Gasteiger partial charge is 0.270 e. The van der Waals surface area contributed by atoms with E-state index in [-0.39, 0.29) is 5.91 Å². The van der Waals surface area contributed by atoms with Gasteiger partial charge in [-0.05, 0) is 38.9 Å². The second-order valence-electron chi connectivity index (χ2n) is 4.42. The van der Waals surface area contributed by atoms with Gasteiger partial charge in [-0.3, -0.25) is 4.79 Å². The van der Waals surface area contributed by atoms with Crippen LogP contribution in [0.2, 0.25) is 0 Å². The number of nitrogens with one attached hydrogen (secondary N) is 1. The van der Waals surface area contributed by atoms with E-state index in [9.17, 15) is 4.79 Å². The molecule has 17 heavy (non-hydrogen) atoms. The minimum absolute atomic E-state index is 0.160. The molecule has 4 nitrogen and oxygen atoms in total. The van der Waals surface area contributed by atoms with E-state index in [4.69, 9.17) is 0 Å². The average molecular weight is 235 g/mol. The molecule has 1 fully saturated rings. The summed E-state index contributed by atoms with van der Waals surface area (Å²) in [4.78, 5) is 14.5. The van der Waals surface area contributed by atoms with Gasteiger partial charge in [-0.1, -0.05) is 0 Å². The van der Waals surface area contributed by atoms with Gasteiger partial charge in [0.1, 0.15) is 5.69 Å². The fraction of sp³-hybridized carbons (Fsp3) is 0.615. The summed E-state index contributed by atoms with van der Waals surface area (Å²) in [6.07, 6.45) is 3.03. The molecule has 1 aliphatic rings. The van der Waals surface area contributed by atoms with E-state index >= 15 is 0 Å². The van der Waals surface area contributed by atoms with Gasteiger partial charge in [0.05, 0.1) is 0 Å². The van der Waals surface area contributed by atoms with E-state index in [1.807, 2.05) is 27.8 Å². The van der Waals surface area contributed by atoms with Crippen molar-refractivity contribution in [3.8, 4) is 0 Å². The normalized spacial score (nSPS) is 19.5. The van der Waals surface area contributed by atoms with Crippen molar-refractivity contribution in [3.63, 3.8) is 0 Å². The molecule has 4 heteroatoms. The van der Waals surface area contributed by atoms with E-state index in [2.05, 4.69) is 19.2 Å². The number of amides is 1. The molecule has 1 unspecified atom stereocenters. The second-order valence-corrected chi connectivity index (χ2v) is 4.42. The summed E-state index contributed by atoms with van der Waals surface area (Å²) in [5.41, 5.74) is 0.807. The molecule has 1 atom stereocenters. The molecule has 1 aromatic rings. The molecular formula is C13H21N3O. The highest BCUT2D eigenvalue weighted by molar-refractivity contribution is 5.93. The quantitative estimate of drug-likeness (QED) is 0.855. The van der Waals surface area contributed by atoms with E-state index in [0.29, 0.717) is 6.04 Å². The number of carbonyl (C=O) groups excluding carboxylic acids is 1. The van der Waals surface area contributed by atoms with Gasteiger partial charge in [0.2, 0.25) is 0 Å². The first-order valence-electron chi connectivity index (χ1n) is 6.44. The fourth-order valence-electron chi connectivity index (χ4n) is 2.50. The average Bonchev–Trinajstić information content (AvgIpc) is 3.00. The Morgan fingerprint density at radius 3 is 3.00 bits per heavy atom. The van der Waals surface area contributed by atoms with Gasteiger partial charge in [0, 0.05) is 31.9 Å². The topological polar surface area (TPSA) is 37.3 Å². The Kier molecular flexibility index (Phi) is 3.84. The van der Waals surface area contributed by atoms with Gasteiger partial charge < -0.3 is 14.8 Å². The van der Waals surface area contributed by atoms with Crippen molar-refractivity contribution in [2.24, 2.45) is 0 Å². The predicted molar refractivity (Wildman–Crippen MR) is 68.1 cm³/mol. The molecule has 2 rings (SSSR count). The molecule has 1 aromatic heterocycles.